The van der Waals surface area contributed by atoms with Crippen LogP contribution in [-0.4, -0.2) is 67.5 Å². The number of hydrogen-bond donors (Lipinski definition) is 2. The largest absolute Gasteiger partial charge is 0.496 e. The number of carbonyl (C=O) groups is 3. The molecule has 8 heteroatoms. The Bertz CT molecular complexity index is 822. The van der Waals surface area contributed by atoms with Gasteiger partial charge in [0, 0.05) is 6.54 Å². The number of hydrogen-bond acceptors (Lipinski definition) is 5. The van der Waals surface area contributed by atoms with Gasteiger partial charge in [0.25, 0.3) is 5.91 Å². The Hall–Kier alpha value is -2.61. The third kappa shape index (κ3) is 5.01. The summed E-state index contributed by atoms with van der Waals surface area (Å²) in [6.07, 6.45) is 4.85. The monoisotopic (exact) mass is 430 g/mol. The number of imide groups is 1. The number of aryl methyl sites for hydroxylation is 1. The molecule has 31 heavy (non-hydrogen) atoms. The highest BCUT2D eigenvalue weighted by Crippen LogP contribution is 2.34. The van der Waals surface area contributed by atoms with Crippen molar-refractivity contribution in [3.63, 3.8) is 0 Å². The van der Waals surface area contributed by atoms with Crippen LogP contribution in [-0.2, 0) is 15.1 Å². The van der Waals surface area contributed by atoms with Crippen molar-refractivity contribution >= 4 is 17.8 Å². The number of methoxy groups -OCH3 is 1. The molecule has 1 aromatic rings. The van der Waals surface area contributed by atoms with Gasteiger partial charge < -0.3 is 20.3 Å². The fourth-order valence-electron chi connectivity index (χ4n) is 4.45. The van der Waals surface area contributed by atoms with E-state index >= 15 is 0 Å². The number of carbonyl (C=O) groups excluding carboxylic acids is 3. The molecule has 2 heterocycles. The zero-order valence-electron chi connectivity index (χ0n) is 18.8. The van der Waals surface area contributed by atoms with Crippen LogP contribution < -0.4 is 15.4 Å². The van der Waals surface area contributed by atoms with Crippen molar-refractivity contribution in [3.05, 3.63) is 29.3 Å². The number of likely N-dealkylation sites (tertiary alicyclic amines) is 1. The van der Waals surface area contributed by atoms with Crippen LogP contribution in [0.2, 0.25) is 0 Å². The second-order valence-corrected chi connectivity index (χ2v) is 8.37. The van der Waals surface area contributed by atoms with Gasteiger partial charge in [-0.1, -0.05) is 13.0 Å². The molecule has 1 unspecified atom stereocenters. The van der Waals surface area contributed by atoms with Crippen LogP contribution >= 0.6 is 0 Å². The highest BCUT2D eigenvalue weighted by Gasteiger charge is 2.51. The minimum Gasteiger partial charge on any atom is -0.496 e. The third-order valence-electron chi connectivity index (χ3n) is 6.32. The van der Waals surface area contributed by atoms with E-state index in [4.69, 9.17) is 4.74 Å². The summed E-state index contributed by atoms with van der Waals surface area (Å²) in [5.41, 5.74) is 0.404. The molecule has 0 bridgehead atoms. The average molecular weight is 431 g/mol. The maximum Gasteiger partial charge on any atom is 0.325 e. The molecule has 2 N–H and O–H groups in total. The Balaban J connectivity index is 1.55. The molecule has 0 spiro atoms. The standard InChI is InChI=1S/C23H34N4O4/c1-4-23(18-9-10-19(31-3)17(2)15-18)21(29)27(22(30)25-23)16-20(28)24-11-5-6-12-26-13-7-8-14-26/h9-10,15H,4-8,11-14,16H2,1-3H3,(H,24,28)(H,25,30). The van der Waals surface area contributed by atoms with Crippen LogP contribution in [0.4, 0.5) is 4.79 Å². The van der Waals surface area contributed by atoms with Crippen LogP contribution in [0.1, 0.15) is 50.2 Å². The average Bonchev–Trinajstić information content (AvgIpc) is 3.36. The fraction of sp³-hybridized carbons (Fsp3) is 0.609. The summed E-state index contributed by atoms with van der Waals surface area (Å²) in [5, 5.41) is 5.66. The first kappa shape index (κ1) is 23.1. The highest BCUT2D eigenvalue weighted by molar-refractivity contribution is 6.09. The van der Waals surface area contributed by atoms with E-state index < -0.39 is 17.5 Å². The Kier molecular flexibility index (Phi) is 7.54. The van der Waals surface area contributed by atoms with E-state index in [-0.39, 0.29) is 12.5 Å². The smallest absolute Gasteiger partial charge is 0.325 e. The summed E-state index contributed by atoms with van der Waals surface area (Å²) < 4.78 is 5.30. The van der Waals surface area contributed by atoms with Crippen LogP contribution in [0.5, 0.6) is 5.75 Å². The van der Waals surface area contributed by atoms with Crippen molar-refractivity contribution in [2.75, 3.05) is 39.8 Å². The Labute approximate surface area is 184 Å². The molecule has 0 radical (unpaired) electrons. The van der Waals surface area contributed by atoms with Gasteiger partial charge in [-0.15, -0.1) is 0 Å². The van der Waals surface area contributed by atoms with E-state index in [0.29, 0.717) is 24.3 Å². The van der Waals surface area contributed by atoms with Gasteiger partial charge >= 0.3 is 6.03 Å². The van der Waals surface area contributed by atoms with Gasteiger partial charge in [-0.25, -0.2) is 4.79 Å². The second-order valence-electron chi connectivity index (χ2n) is 8.37. The van der Waals surface area contributed by atoms with Crippen LogP contribution in [0.3, 0.4) is 0 Å². The lowest BCUT2D eigenvalue weighted by molar-refractivity contribution is -0.135. The van der Waals surface area contributed by atoms with E-state index in [2.05, 4.69) is 15.5 Å². The Morgan fingerprint density at radius 2 is 1.97 bits per heavy atom. The first-order valence-electron chi connectivity index (χ1n) is 11.2. The number of urea groups is 1. The molecule has 170 valence electrons. The molecular formula is C23H34N4O4. The minimum atomic E-state index is -1.16. The normalized spacial score (nSPS) is 21.5. The van der Waals surface area contributed by atoms with Gasteiger partial charge in [-0.05, 0) is 81.9 Å². The number of nitrogens with one attached hydrogen (secondary N) is 2. The number of rotatable bonds is 10. The van der Waals surface area contributed by atoms with Crippen LogP contribution in [0.25, 0.3) is 0 Å². The fourth-order valence-corrected chi connectivity index (χ4v) is 4.45. The van der Waals surface area contributed by atoms with Crippen LogP contribution in [0, 0.1) is 6.92 Å². The number of ether oxygens (including phenoxy) is 1. The molecule has 0 aromatic heterocycles. The lowest BCUT2D eigenvalue weighted by atomic mass is 9.86. The molecular weight excluding hydrogens is 396 g/mol. The van der Waals surface area contributed by atoms with Crippen LogP contribution in [0.15, 0.2) is 18.2 Å². The molecule has 8 nitrogen and oxygen atoms in total. The van der Waals surface area contributed by atoms with E-state index in [9.17, 15) is 14.4 Å². The minimum absolute atomic E-state index is 0.270. The van der Waals surface area contributed by atoms with E-state index in [0.717, 1.165) is 29.8 Å². The van der Waals surface area contributed by atoms with Crippen molar-refractivity contribution < 1.29 is 19.1 Å². The zero-order valence-corrected chi connectivity index (χ0v) is 18.8. The van der Waals surface area contributed by atoms with Crippen molar-refractivity contribution in [2.45, 2.75) is 51.5 Å². The quantitative estimate of drug-likeness (QED) is 0.438. The van der Waals surface area contributed by atoms with E-state index in [1.54, 1.807) is 19.2 Å². The van der Waals surface area contributed by atoms with Gasteiger partial charge in [-0.2, -0.15) is 0 Å². The summed E-state index contributed by atoms with van der Waals surface area (Å²) in [6.45, 7) is 7.42. The molecule has 3 rings (SSSR count). The van der Waals surface area contributed by atoms with E-state index in [1.165, 1.54) is 25.9 Å². The van der Waals surface area contributed by atoms with E-state index in [1.807, 2.05) is 19.9 Å². The van der Waals surface area contributed by atoms with Gasteiger partial charge in [0.1, 0.15) is 17.8 Å². The van der Waals surface area contributed by atoms with Gasteiger partial charge in [0.2, 0.25) is 5.91 Å². The number of benzene rings is 1. The molecule has 2 saturated heterocycles. The number of unbranched alkanes of at least 4 members (excludes halogenated alkanes) is 1. The molecule has 4 amide bonds. The van der Waals surface area contributed by atoms with Gasteiger partial charge in [0.05, 0.1) is 7.11 Å². The van der Waals surface area contributed by atoms with Crippen molar-refractivity contribution in [2.24, 2.45) is 0 Å². The molecule has 2 aliphatic rings. The predicted octanol–water partition coefficient (Wildman–Crippen LogP) is 2.15. The maximum atomic E-state index is 13.2. The van der Waals surface area contributed by atoms with Gasteiger partial charge in [0.15, 0.2) is 0 Å². The molecule has 0 saturated carbocycles. The summed E-state index contributed by atoms with van der Waals surface area (Å²) in [4.78, 5) is 41.6. The van der Waals surface area contributed by atoms with Crippen molar-refractivity contribution in [1.29, 1.82) is 0 Å². The molecule has 1 aromatic carbocycles. The molecule has 2 fully saturated rings. The maximum absolute atomic E-state index is 13.2. The SMILES string of the molecule is CCC1(c2ccc(OC)c(C)c2)NC(=O)N(CC(=O)NCCCCN2CCCC2)C1=O. The predicted molar refractivity (Wildman–Crippen MR) is 118 cm³/mol. The third-order valence-corrected chi connectivity index (χ3v) is 6.32. The highest BCUT2D eigenvalue weighted by atomic mass is 16.5. The Morgan fingerprint density at radius 1 is 1.23 bits per heavy atom. The molecule has 2 aliphatic heterocycles. The molecule has 1 atom stereocenters. The number of nitrogens with zero attached hydrogens (tertiary/aromatic N) is 2. The lowest BCUT2D eigenvalue weighted by Gasteiger charge is -2.26. The second kappa shape index (κ2) is 10.1. The summed E-state index contributed by atoms with van der Waals surface area (Å²) in [5.74, 6) is 0.00368. The topological polar surface area (TPSA) is 91.0 Å². The lowest BCUT2D eigenvalue weighted by Crippen LogP contribution is -2.45. The first-order chi connectivity index (χ1) is 14.9. The number of amides is 4. The Morgan fingerprint density at radius 3 is 2.61 bits per heavy atom. The summed E-state index contributed by atoms with van der Waals surface area (Å²) in [6, 6.07) is 4.89. The first-order valence-corrected chi connectivity index (χ1v) is 11.2. The van der Waals surface area contributed by atoms with Gasteiger partial charge in [-0.3, -0.25) is 14.5 Å². The van der Waals surface area contributed by atoms with Crippen molar-refractivity contribution in [1.82, 2.24) is 20.4 Å². The van der Waals surface area contributed by atoms with Crippen molar-refractivity contribution in [3.8, 4) is 5.75 Å². The summed E-state index contributed by atoms with van der Waals surface area (Å²) in [7, 11) is 1.59. The summed E-state index contributed by atoms with van der Waals surface area (Å²) >= 11 is 0. The zero-order chi connectivity index (χ0) is 22.4. The molecule has 0 aliphatic carbocycles.